The molecule has 0 saturated heterocycles. The summed E-state index contributed by atoms with van der Waals surface area (Å²) in [6.45, 7) is 0. The molecule has 0 N–H and O–H groups in total. The molecule has 3 aromatic carbocycles. The minimum atomic E-state index is -2.26. The van der Waals surface area contributed by atoms with Crippen molar-refractivity contribution in [1.29, 1.82) is 0 Å². The number of carbonyl (C=O) groups is 1. The summed E-state index contributed by atoms with van der Waals surface area (Å²) in [5, 5.41) is 4.22. The van der Waals surface area contributed by atoms with Crippen LogP contribution in [0.15, 0.2) is 91.0 Å². The number of esters is 1. The van der Waals surface area contributed by atoms with Crippen LogP contribution >= 0.6 is 0 Å². The smallest absolute Gasteiger partial charge is 0.308 e. The van der Waals surface area contributed by atoms with Gasteiger partial charge in [-0.3, -0.25) is 4.79 Å². The van der Waals surface area contributed by atoms with E-state index in [1.54, 1.807) is 0 Å². The van der Waals surface area contributed by atoms with Crippen LogP contribution in [0.1, 0.15) is 12.8 Å². The van der Waals surface area contributed by atoms with Crippen molar-refractivity contribution in [3.63, 3.8) is 0 Å². The zero-order valence-electron chi connectivity index (χ0n) is 16.3. The van der Waals surface area contributed by atoms with E-state index in [4.69, 9.17) is 4.74 Å². The predicted molar refractivity (Wildman–Crippen MR) is 117 cm³/mol. The van der Waals surface area contributed by atoms with Gasteiger partial charge in [0.15, 0.2) is 0 Å². The van der Waals surface area contributed by atoms with Crippen molar-refractivity contribution in [2.75, 3.05) is 7.11 Å². The molecule has 1 aliphatic rings. The molecule has 3 heteroatoms. The van der Waals surface area contributed by atoms with Crippen molar-refractivity contribution in [2.24, 2.45) is 11.8 Å². The van der Waals surface area contributed by atoms with Gasteiger partial charge in [-0.05, 0) is 40.4 Å². The van der Waals surface area contributed by atoms with Crippen LogP contribution in [0.25, 0.3) is 0 Å². The molecule has 0 radical (unpaired) electrons. The molecule has 1 unspecified atom stereocenters. The number of carbonyl (C=O) groups excluding carboxylic acids is 1. The molecular formula is C25H26O2Si. The molecule has 0 amide bonds. The minimum absolute atomic E-state index is 0.0352. The van der Waals surface area contributed by atoms with E-state index in [-0.39, 0.29) is 11.9 Å². The lowest BCUT2D eigenvalue weighted by Gasteiger charge is -2.42. The van der Waals surface area contributed by atoms with Crippen LogP contribution in [0.4, 0.5) is 0 Å². The van der Waals surface area contributed by atoms with Crippen LogP contribution in [0.3, 0.4) is 0 Å². The molecule has 2 atom stereocenters. The third kappa shape index (κ3) is 3.31. The van der Waals surface area contributed by atoms with Gasteiger partial charge in [-0.15, -0.1) is 0 Å². The van der Waals surface area contributed by atoms with E-state index in [9.17, 15) is 4.79 Å². The Hall–Kier alpha value is -2.65. The minimum Gasteiger partial charge on any atom is -0.469 e. The summed E-state index contributed by atoms with van der Waals surface area (Å²) in [5.74, 6) is 0.362. The normalized spacial score (nSPS) is 18.9. The highest BCUT2D eigenvalue weighted by Crippen LogP contribution is 2.40. The largest absolute Gasteiger partial charge is 0.469 e. The van der Waals surface area contributed by atoms with Gasteiger partial charge in [-0.2, -0.15) is 0 Å². The SMILES string of the molecule is COC(=O)C1CC[C@H]1C[Si](c1ccccc1)(c1ccccc1)c1ccccc1. The summed E-state index contributed by atoms with van der Waals surface area (Å²) < 4.78 is 5.09. The maximum atomic E-state index is 12.3. The molecule has 142 valence electrons. The highest BCUT2D eigenvalue weighted by molar-refractivity contribution is 7.11. The Morgan fingerprint density at radius 1 is 0.786 bits per heavy atom. The van der Waals surface area contributed by atoms with Gasteiger partial charge < -0.3 is 4.74 Å². The molecule has 0 aliphatic heterocycles. The van der Waals surface area contributed by atoms with Gasteiger partial charge in [0.2, 0.25) is 0 Å². The molecule has 1 aliphatic carbocycles. The van der Waals surface area contributed by atoms with E-state index in [0.717, 1.165) is 18.9 Å². The maximum Gasteiger partial charge on any atom is 0.308 e. The highest BCUT2D eigenvalue weighted by Gasteiger charge is 2.47. The Morgan fingerprint density at radius 3 is 1.54 bits per heavy atom. The fraction of sp³-hybridized carbons (Fsp3) is 0.240. The van der Waals surface area contributed by atoms with E-state index in [1.165, 1.54) is 22.7 Å². The van der Waals surface area contributed by atoms with Gasteiger partial charge in [-0.25, -0.2) is 0 Å². The van der Waals surface area contributed by atoms with E-state index < -0.39 is 8.07 Å². The van der Waals surface area contributed by atoms with E-state index in [2.05, 4.69) is 91.0 Å². The molecule has 0 aromatic heterocycles. The Balaban J connectivity index is 1.88. The Labute approximate surface area is 168 Å². The zero-order valence-corrected chi connectivity index (χ0v) is 17.3. The Morgan fingerprint density at radius 2 is 1.21 bits per heavy atom. The molecule has 0 bridgehead atoms. The van der Waals surface area contributed by atoms with Gasteiger partial charge in [0.05, 0.1) is 13.0 Å². The van der Waals surface area contributed by atoms with Crippen molar-refractivity contribution in [3.05, 3.63) is 91.0 Å². The Bertz CT molecular complexity index is 812. The first-order valence-electron chi connectivity index (χ1n) is 10.00. The first-order chi connectivity index (χ1) is 13.8. The van der Waals surface area contributed by atoms with Crippen molar-refractivity contribution >= 4 is 29.6 Å². The van der Waals surface area contributed by atoms with Crippen LogP contribution in [0.2, 0.25) is 6.04 Å². The fourth-order valence-corrected chi connectivity index (χ4v) is 9.96. The van der Waals surface area contributed by atoms with Crippen molar-refractivity contribution in [2.45, 2.75) is 18.9 Å². The lowest BCUT2D eigenvalue weighted by atomic mass is 9.75. The van der Waals surface area contributed by atoms with E-state index in [0.29, 0.717) is 5.92 Å². The lowest BCUT2D eigenvalue weighted by molar-refractivity contribution is -0.151. The molecule has 0 spiro atoms. The summed E-state index contributed by atoms with van der Waals surface area (Å²) in [7, 11) is -0.757. The number of methoxy groups -OCH3 is 1. The number of rotatable bonds is 6. The molecule has 4 rings (SSSR count). The highest BCUT2D eigenvalue weighted by atomic mass is 28.3. The molecule has 1 saturated carbocycles. The fourth-order valence-electron chi connectivity index (χ4n) is 4.69. The maximum absolute atomic E-state index is 12.3. The first-order valence-corrected chi connectivity index (χ1v) is 12.2. The van der Waals surface area contributed by atoms with E-state index >= 15 is 0 Å². The topological polar surface area (TPSA) is 26.3 Å². The summed E-state index contributed by atoms with van der Waals surface area (Å²) in [6.07, 6.45) is 2.04. The van der Waals surface area contributed by atoms with Crippen LogP contribution in [0.5, 0.6) is 0 Å². The average Bonchev–Trinajstić information content (AvgIpc) is 2.75. The third-order valence-electron chi connectivity index (χ3n) is 6.29. The number of ether oxygens (including phenoxy) is 1. The molecule has 0 heterocycles. The van der Waals surface area contributed by atoms with Gasteiger partial charge in [0.25, 0.3) is 0 Å². The van der Waals surface area contributed by atoms with Crippen molar-refractivity contribution < 1.29 is 9.53 Å². The second-order valence-corrected chi connectivity index (χ2v) is 11.6. The average molecular weight is 387 g/mol. The van der Waals surface area contributed by atoms with Gasteiger partial charge in [0, 0.05) is 0 Å². The van der Waals surface area contributed by atoms with Gasteiger partial charge in [0.1, 0.15) is 8.07 Å². The molecule has 3 aromatic rings. The van der Waals surface area contributed by atoms with Crippen LogP contribution in [-0.4, -0.2) is 21.2 Å². The summed E-state index contributed by atoms with van der Waals surface area (Å²) in [5.41, 5.74) is 0. The number of hydrogen-bond donors (Lipinski definition) is 0. The second-order valence-electron chi connectivity index (χ2n) is 7.67. The summed E-state index contributed by atoms with van der Waals surface area (Å²) >= 11 is 0. The van der Waals surface area contributed by atoms with Gasteiger partial charge in [-0.1, -0.05) is 91.0 Å². The van der Waals surface area contributed by atoms with Crippen LogP contribution in [0, 0.1) is 11.8 Å². The first kappa shape index (κ1) is 18.7. The van der Waals surface area contributed by atoms with Crippen molar-refractivity contribution in [1.82, 2.24) is 0 Å². The van der Waals surface area contributed by atoms with Crippen LogP contribution in [-0.2, 0) is 9.53 Å². The zero-order chi connectivity index (χ0) is 19.4. The standard InChI is InChI=1S/C25H26O2Si/c1-27-25(26)24-18-17-20(24)19-28(21-11-5-2-6-12-21,22-13-7-3-8-14-22)23-15-9-4-10-16-23/h2-16,20,24H,17-19H2,1H3/t20-,24?/m0/s1. The van der Waals surface area contributed by atoms with E-state index in [1.807, 2.05) is 0 Å². The number of hydrogen-bond acceptors (Lipinski definition) is 2. The number of benzene rings is 3. The molecular weight excluding hydrogens is 360 g/mol. The lowest BCUT2D eigenvalue weighted by Crippen LogP contribution is -2.68. The quantitative estimate of drug-likeness (QED) is 0.369. The van der Waals surface area contributed by atoms with Gasteiger partial charge >= 0.3 is 5.97 Å². The second kappa shape index (κ2) is 8.15. The van der Waals surface area contributed by atoms with Crippen LogP contribution < -0.4 is 15.6 Å². The third-order valence-corrected chi connectivity index (χ3v) is 11.4. The Kier molecular flexibility index (Phi) is 5.44. The summed E-state index contributed by atoms with van der Waals surface area (Å²) in [6, 6.07) is 33.8. The summed E-state index contributed by atoms with van der Waals surface area (Å²) in [4.78, 5) is 12.3. The molecule has 2 nitrogen and oxygen atoms in total. The molecule has 28 heavy (non-hydrogen) atoms. The predicted octanol–water partition coefficient (Wildman–Crippen LogP) is 3.36. The monoisotopic (exact) mass is 386 g/mol. The van der Waals surface area contributed by atoms with Crippen molar-refractivity contribution in [3.8, 4) is 0 Å². The molecule has 1 fully saturated rings.